The molecule has 0 aromatic heterocycles. The van der Waals surface area contributed by atoms with Gasteiger partial charge >= 0.3 is 11.9 Å². The van der Waals surface area contributed by atoms with Crippen molar-refractivity contribution in [2.45, 2.75) is 6.92 Å². The van der Waals surface area contributed by atoms with Gasteiger partial charge in [-0.1, -0.05) is 0 Å². The second-order valence-corrected chi connectivity index (χ2v) is 3.89. The average Bonchev–Trinajstić information content (AvgIpc) is 2.25. The number of aliphatic carboxylic acids is 1. The fourth-order valence-electron chi connectivity index (χ4n) is 0.887. The van der Waals surface area contributed by atoms with E-state index in [2.05, 4.69) is 10.1 Å². The molecule has 0 bridgehead atoms. The van der Waals surface area contributed by atoms with Gasteiger partial charge in [-0.2, -0.15) is 0 Å². The maximum atomic E-state index is 11.2. The van der Waals surface area contributed by atoms with Gasteiger partial charge in [0, 0.05) is 24.7 Å². The maximum Gasteiger partial charge on any atom is 0.331 e. The van der Waals surface area contributed by atoms with E-state index >= 15 is 0 Å². The zero-order valence-corrected chi connectivity index (χ0v) is 10.7. The van der Waals surface area contributed by atoms with Crippen molar-refractivity contribution in [2.75, 3.05) is 33.8 Å². The Morgan fingerprint density at radius 1 is 1.33 bits per heavy atom. The number of hydrogen-bond acceptors (Lipinski definition) is 5. The van der Waals surface area contributed by atoms with E-state index in [0.717, 1.165) is 6.08 Å². The topological polar surface area (TPSA) is 95.9 Å². The summed E-state index contributed by atoms with van der Waals surface area (Å²) in [5, 5.41) is 11.1. The highest BCUT2D eigenvalue weighted by Gasteiger charge is 2.07. The predicted octanol–water partition coefficient (Wildman–Crippen LogP) is -0.762. The number of carbonyl (C=O) groups excluding carboxylic acids is 2. The zero-order valence-electron chi connectivity index (χ0n) is 10.7. The molecular formula is C11H18N2O5. The molecular weight excluding hydrogens is 240 g/mol. The van der Waals surface area contributed by atoms with Crippen molar-refractivity contribution < 1.29 is 24.2 Å². The van der Waals surface area contributed by atoms with E-state index in [1.54, 1.807) is 0 Å². The number of rotatable bonds is 7. The van der Waals surface area contributed by atoms with Gasteiger partial charge in [0.05, 0.1) is 0 Å². The van der Waals surface area contributed by atoms with Crippen molar-refractivity contribution in [3.8, 4) is 0 Å². The fraction of sp³-hybridized carbons (Fsp3) is 0.545. The molecule has 0 aromatic rings. The summed E-state index contributed by atoms with van der Waals surface area (Å²) in [4.78, 5) is 34.6. The lowest BCUT2D eigenvalue weighted by Gasteiger charge is -2.10. The fourth-order valence-corrected chi connectivity index (χ4v) is 0.887. The minimum Gasteiger partial charge on any atom is -0.478 e. The quantitative estimate of drug-likeness (QED) is 0.460. The Kier molecular flexibility index (Phi) is 7.37. The Balaban J connectivity index is 3.89. The highest BCUT2D eigenvalue weighted by atomic mass is 16.5. The second-order valence-electron chi connectivity index (χ2n) is 3.89. The van der Waals surface area contributed by atoms with Crippen LogP contribution in [0.3, 0.4) is 0 Å². The summed E-state index contributed by atoms with van der Waals surface area (Å²) >= 11 is 0. The Hall–Kier alpha value is -1.89. The Morgan fingerprint density at radius 3 is 2.44 bits per heavy atom. The van der Waals surface area contributed by atoms with E-state index in [4.69, 9.17) is 5.11 Å². The Labute approximate surface area is 105 Å². The molecule has 2 N–H and O–H groups in total. The molecule has 0 unspecified atom stereocenters. The van der Waals surface area contributed by atoms with Crippen molar-refractivity contribution >= 4 is 17.8 Å². The van der Waals surface area contributed by atoms with E-state index in [-0.39, 0.29) is 5.57 Å². The Morgan fingerprint density at radius 2 is 1.94 bits per heavy atom. The zero-order chi connectivity index (χ0) is 14.1. The number of ether oxygens (including phenoxy) is 1. The van der Waals surface area contributed by atoms with Crippen LogP contribution in [0.25, 0.3) is 0 Å². The van der Waals surface area contributed by atoms with Crippen LogP contribution in [0.15, 0.2) is 11.6 Å². The molecule has 0 aromatic carbocycles. The molecule has 0 saturated heterocycles. The van der Waals surface area contributed by atoms with Gasteiger partial charge in [0.25, 0.3) is 5.91 Å². The lowest BCUT2D eigenvalue weighted by Crippen LogP contribution is -2.34. The van der Waals surface area contributed by atoms with Crippen molar-refractivity contribution in [1.82, 2.24) is 10.2 Å². The summed E-state index contributed by atoms with van der Waals surface area (Å²) in [6.07, 6.45) is 0.829. The highest BCUT2D eigenvalue weighted by molar-refractivity contribution is 5.95. The molecule has 0 aliphatic heterocycles. The van der Waals surface area contributed by atoms with E-state index in [9.17, 15) is 14.4 Å². The molecule has 0 rings (SSSR count). The first-order valence-electron chi connectivity index (χ1n) is 5.32. The van der Waals surface area contributed by atoms with Gasteiger partial charge in [-0.25, -0.2) is 9.59 Å². The smallest absolute Gasteiger partial charge is 0.331 e. The first-order chi connectivity index (χ1) is 8.32. The maximum absolute atomic E-state index is 11.2. The standard InChI is InChI=1S/C11H18N2O5/c1-8(11(16)17)6-10(15)18-7-9(14)12-4-5-13(2)3/h6H,4-5,7H2,1-3H3,(H,12,14)(H,16,17). The van der Waals surface area contributed by atoms with Crippen LogP contribution < -0.4 is 5.32 Å². The third-order valence-corrected chi connectivity index (χ3v) is 1.90. The molecule has 0 heterocycles. The summed E-state index contributed by atoms with van der Waals surface area (Å²) in [6, 6.07) is 0. The number of carboxylic acid groups (broad SMARTS) is 1. The average molecular weight is 258 g/mol. The van der Waals surface area contributed by atoms with Crippen LogP contribution in [-0.4, -0.2) is 61.6 Å². The number of nitrogens with zero attached hydrogens (tertiary/aromatic N) is 1. The summed E-state index contributed by atoms with van der Waals surface area (Å²) < 4.78 is 4.58. The molecule has 0 radical (unpaired) electrons. The minimum absolute atomic E-state index is 0.145. The van der Waals surface area contributed by atoms with Crippen molar-refractivity contribution in [3.05, 3.63) is 11.6 Å². The Bertz CT molecular complexity index is 349. The van der Waals surface area contributed by atoms with E-state index in [1.165, 1.54) is 6.92 Å². The van der Waals surface area contributed by atoms with Crippen LogP contribution in [0.2, 0.25) is 0 Å². The molecule has 0 aliphatic rings. The third-order valence-electron chi connectivity index (χ3n) is 1.90. The van der Waals surface area contributed by atoms with E-state index in [0.29, 0.717) is 13.1 Å². The SMILES string of the molecule is CC(=CC(=O)OCC(=O)NCCN(C)C)C(=O)O. The highest BCUT2D eigenvalue weighted by Crippen LogP contribution is 1.93. The molecule has 0 saturated carbocycles. The summed E-state index contributed by atoms with van der Waals surface area (Å²) in [6.45, 7) is 1.97. The van der Waals surface area contributed by atoms with Crippen molar-refractivity contribution in [2.24, 2.45) is 0 Å². The minimum atomic E-state index is -1.21. The van der Waals surface area contributed by atoms with Crippen LogP contribution in [0.4, 0.5) is 0 Å². The number of esters is 1. The van der Waals surface area contributed by atoms with Crippen LogP contribution in [0.1, 0.15) is 6.92 Å². The van der Waals surface area contributed by atoms with E-state index in [1.807, 2.05) is 19.0 Å². The van der Waals surface area contributed by atoms with Crippen molar-refractivity contribution in [1.29, 1.82) is 0 Å². The molecule has 18 heavy (non-hydrogen) atoms. The first kappa shape index (κ1) is 16.1. The molecule has 7 nitrogen and oxygen atoms in total. The van der Waals surface area contributed by atoms with Gasteiger partial charge < -0.3 is 20.1 Å². The van der Waals surface area contributed by atoms with Gasteiger partial charge in [-0.15, -0.1) is 0 Å². The number of hydrogen-bond donors (Lipinski definition) is 2. The molecule has 7 heteroatoms. The van der Waals surface area contributed by atoms with Gasteiger partial charge in [-0.3, -0.25) is 4.79 Å². The molecule has 102 valence electrons. The summed E-state index contributed by atoms with van der Waals surface area (Å²) in [7, 11) is 3.73. The van der Waals surface area contributed by atoms with Gasteiger partial charge in [0.1, 0.15) is 0 Å². The molecule has 0 fully saturated rings. The number of carbonyl (C=O) groups is 3. The number of likely N-dealkylation sites (N-methyl/N-ethyl adjacent to an activating group) is 1. The lowest BCUT2D eigenvalue weighted by molar-refractivity contribution is -0.144. The predicted molar refractivity (Wildman–Crippen MR) is 63.9 cm³/mol. The lowest BCUT2D eigenvalue weighted by atomic mass is 10.3. The van der Waals surface area contributed by atoms with E-state index < -0.39 is 24.5 Å². The number of carboxylic acids is 1. The first-order valence-corrected chi connectivity index (χ1v) is 5.32. The van der Waals surface area contributed by atoms with Gasteiger partial charge in [0.15, 0.2) is 6.61 Å². The van der Waals surface area contributed by atoms with Crippen LogP contribution in [-0.2, 0) is 19.1 Å². The van der Waals surface area contributed by atoms with Gasteiger partial charge in [-0.05, 0) is 21.0 Å². The molecule has 1 amide bonds. The third kappa shape index (κ3) is 8.28. The van der Waals surface area contributed by atoms with Crippen LogP contribution in [0, 0.1) is 0 Å². The summed E-state index contributed by atoms with van der Waals surface area (Å²) in [5.74, 6) is -2.48. The number of nitrogens with one attached hydrogen (secondary N) is 1. The second kappa shape index (κ2) is 8.24. The monoisotopic (exact) mass is 258 g/mol. The largest absolute Gasteiger partial charge is 0.478 e. The molecule has 0 spiro atoms. The number of amides is 1. The van der Waals surface area contributed by atoms with Crippen molar-refractivity contribution in [3.63, 3.8) is 0 Å². The molecule has 0 aliphatic carbocycles. The van der Waals surface area contributed by atoms with Crippen LogP contribution in [0.5, 0.6) is 0 Å². The molecule has 0 atom stereocenters. The van der Waals surface area contributed by atoms with Crippen LogP contribution >= 0.6 is 0 Å². The normalized spacial score (nSPS) is 11.2. The summed E-state index contributed by atoms with van der Waals surface area (Å²) in [5.41, 5.74) is -0.145. The van der Waals surface area contributed by atoms with Gasteiger partial charge in [0.2, 0.25) is 0 Å².